The van der Waals surface area contributed by atoms with E-state index in [1.165, 1.54) is 6.08 Å². The van der Waals surface area contributed by atoms with Crippen molar-refractivity contribution in [2.75, 3.05) is 40.9 Å². The fourth-order valence-corrected chi connectivity index (χ4v) is 2.21. The molecule has 9 heteroatoms. The number of phosphoric ester groups is 1. The third-order valence-corrected chi connectivity index (χ3v) is 3.46. The van der Waals surface area contributed by atoms with Gasteiger partial charge in [0.05, 0.1) is 27.7 Å². The average Bonchev–Trinajstić information content (AvgIpc) is 2.28. The third kappa shape index (κ3) is 8.78. The van der Waals surface area contributed by atoms with Crippen molar-refractivity contribution >= 4 is 7.82 Å². The Labute approximate surface area is 119 Å². The van der Waals surface area contributed by atoms with Crippen molar-refractivity contribution < 1.29 is 38.2 Å². The maximum absolute atomic E-state index is 11.8. The zero-order valence-corrected chi connectivity index (χ0v) is 13.0. The Bertz CT molecular complexity index is 327. The lowest BCUT2D eigenvalue weighted by Crippen LogP contribution is -2.37. The summed E-state index contributed by atoms with van der Waals surface area (Å²) in [6.45, 7) is 3.43. The van der Waals surface area contributed by atoms with Gasteiger partial charge in [-0.2, -0.15) is 0 Å². The van der Waals surface area contributed by atoms with Crippen LogP contribution in [-0.2, 0) is 18.5 Å². The Kier molecular flexibility index (Phi) is 8.72. The van der Waals surface area contributed by atoms with Crippen molar-refractivity contribution in [1.82, 2.24) is 0 Å². The predicted molar refractivity (Wildman–Crippen MR) is 73.0 cm³/mol. The summed E-state index contributed by atoms with van der Waals surface area (Å²) in [5.74, 6) is 0. The Hall–Kier alpha value is -0.310. The van der Waals surface area contributed by atoms with Crippen molar-refractivity contribution in [2.24, 2.45) is 0 Å². The van der Waals surface area contributed by atoms with E-state index in [2.05, 4.69) is 11.5 Å². The second-order valence-electron chi connectivity index (χ2n) is 5.31. The van der Waals surface area contributed by atoms with Crippen LogP contribution in [0.4, 0.5) is 0 Å². The van der Waals surface area contributed by atoms with Crippen LogP contribution in [0, 0.1) is 0 Å². The van der Waals surface area contributed by atoms with Gasteiger partial charge in [-0.05, 0) is 6.42 Å². The molecule has 0 aromatic heterocycles. The first-order chi connectivity index (χ1) is 9.15. The summed E-state index contributed by atoms with van der Waals surface area (Å²) < 4.78 is 22.1. The minimum atomic E-state index is -4.30. The summed E-state index contributed by atoms with van der Waals surface area (Å²) in [5, 5.41) is 17.6. The van der Waals surface area contributed by atoms with Crippen molar-refractivity contribution in [2.45, 2.75) is 18.6 Å². The van der Waals surface area contributed by atoms with Crippen LogP contribution >= 0.6 is 7.82 Å². The molecule has 0 spiro atoms. The molecule has 0 fully saturated rings. The summed E-state index contributed by atoms with van der Waals surface area (Å²) in [6.07, 6.45) is -0.675. The fraction of sp³-hybridized carbons (Fsp3) is 0.818. The molecule has 0 heterocycles. The summed E-state index contributed by atoms with van der Waals surface area (Å²) in [4.78, 5) is 13.6. The molecule has 0 saturated heterocycles. The van der Waals surface area contributed by atoms with Crippen molar-refractivity contribution in [1.29, 1.82) is 0 Å². The minimum Gasteiger partial charge on any atom is -0.393 e. The van der Waals surface area contributed by atoms with Gasteiger partial charge < -0.3 is 14.5 Å². The number of nitrogens with zero attached hydrogens (tertiary/aromatic N) is 1. The van der Waals surface area contributed by atoms with Gasteiger partial charge >= 0.3 is 7.82 Å². The molecule has 0 aliphatic carbocycles. The fourth-order valence-electron chi connectivity index (χ4n) is 1.28. The Morgan fingerprint density at radius 2 is 1.95 bits per heavy atom. The molecule has 0 radical (unpaired) electrons. The number of likely N-dealkylation sites (N-methyl/N-ethyl adjacent to an activating group) is 1. The van der Waals surface area contributed by atoms with Crippen LogP contribution in [-0.4, -0.2) is 72.8 Å². The molecule has 0 aliphatic heterocycles. The average molecular weight is 314 g/mol. The van der Waals surface area contributed by atoms with Gasteiger partial charge in [-0.3, -0.25) is 14.3 Å². The summed E-state index contributed by atoms with van der Waals surface area (Å²) in [5.41, 5.74) is 0. The zero-order chi connectivity index (χ0) is 15.8. The van der Waals surface area contributed by atoms with Gasteiger partial charge in [0.25, 0.3) is 0 Å². The van der Waals surface area contributed by atoms with E-state index in [1.807, 2.05) is 21.1 Å². The number of phosphoric acid groups is 1. The largest absolute Gasteiger partial charge is 0.472 e. The van der Waals surface area contributed by atoms with Crippen LogP contribution < -0.4 is 0 Å². The molecular weight excluding hydrogens is 289 g/mol. The van der Waals surface area contributed by atoms with Crippen molar-refractivity contribution in [3.05, 3.63) is 12.7 Å². The normalized spacial score (nSPS) is 18.3. The van der Waals surface area contributed by atoms with E-state index >= 15 is 0 Å². The van der Waals surface area contributed by atoms with Crippen LogP contribution in [0.2, 0.25) is 0 Å². The molecule has 3 N–H and O–H groups in total. The zero-order valence-electron chi connectivity index (χ0n) is 12.1. The predicted octanol–water partition coefficient (Wildman–Crippen LogP) is 0.621. The lowest BCUT2D eigenvalue weighted by molar-refractivity contribution is -0.870. The van der Waals surface area contributed by atoms with Crippen LogP contribution in [0.15, 0.2) is 12.7 Å². The van der Waals surface area contributed by atoms with E-state index in [1.54, 1.807) is 0 Å². The van der Waals surface area contributed by atoms with Gasteiger partial charge in [0, 0.05) is 0 Å². The number of aliphatic hydroxyl groups excluding tert-OH is 1. The van der Waals surface area contributed by atoms with Gasteiger partial charge in [0.2, 0.25) is 0 Å². The van der Waals surface area contributed by atoms with Crippen LogP contribution in [0.25, 0.3) is 0 Å². The van der Waals surface area contributed by atoms with E-state index in [4.69, 9.17) is 19.4 Å². The molecule has 0 aromatic carbocycles. The number of quaternary nitrogens is 1. The highest BCUT2D eigenvalue weighted by atomic mass is 31.2. The first kappa shape index (κ1) is 19.7. The van der Waals surface area contributed by atoms with Crippen LogP contribution in [0.1, 0.15) is 6.42 Å². The molecule has 2 unspecified atom stereocenters. The Morgan fingerprint density at radius 3 is 2.35 bits per heavy atom. The molecule has 0 amide bonds. The van der Waals surface area contributed by atoms with Crippen LogP contribution in [0.5, 0.6) is 0 Å². The van der Waals surface area contributed by atoms with Gasteiger partial charge in [0.15, 0.2) is 0 Å². The van der Waals surface area contributed by atoms with E-state index in [0.717, 1.165) is 0 Å². The second-order valence-corrected chi connectivity index (χ2v) is 6.72. The van der Waals surface area contributed by atoms with Gasteiger partial charge in [-0.15, -0.1) is 6.58 Å². The van der Waals surface area contributed by atoms with Gasteiger partial charge in [-0.25, -0.2) is 9.45 Å². The standard InChI is InChI=1S/C11H24NO7P/c1-5-6-10(11(9-13)18-14)19-20(15,16)17-8-7-12(2,3)4/h5,10-11,13H,1,6-9H2,2-4H3,(H-,14,15,16)/p+1/t10?,11-/m0/s1. The molecule has 0 aromatic rings. The molecule has 8 nitrogen and oxygen atoms in total. The highest BCUT2D eigenvalue weighted by Crippen LogP contribution is 2.45. The smallest absolute Gasteiger partial charge is 0.393 e. The summed E-state index contributed by atoms with van der Waals surface area (Å²) >= 11 is 0. The molecule has 120 valence electrons. The molecule has 20 heavy (non-hydrogen) atoms. The first-order valence-electron chi connectivity index (χ1n) is 6.13. The van der Waals surface area contributed by atoms with E-state index in [-0.39, 0.29) is 13.0 Å². The molecule has 0 saturated carbocycles. The number of hydrogen-bond donors (Lipinski definition) is 3. The minimum absolute atomic E-state index is 0.0296. The third-order valence-electron chi connectivity index (χ3n) is 2.41. The molecule has 0 bridgehead atoms. The van der Waals surface area contributed by atoms with Crippen molar-refractivity contribution in [3.8, 4) is 0 Å². The Morgan fingerprint density at radius 1 is 1.35 bits per heavy atom. The lowest BCUT2D eigenvalue weighted by Gasteiger charge is -2.26. The number of hydrogen-bond acceptors (Lipinski definition) is 6. The molecular formula is C11H25NO7P+. The molecule has 0 aliphatic rings. The lowest BCUT2D eigenvalue weighted by atomic mass is 10.1. The highest BCUT2D eigenvalue weighted by Gasteiger charge is 2.32. The SMILES string of the molecule is C=CCC(OP(=O)(O)OCC[N+](C)(C)C)[C@H](CO)OO. The maximum atomic E-state index is 11.8. The summed E-state index contributed by atoms with van der Waals surface area (Å²) in [7, 11) is 1.43. The second kappa shape index (κ2) is 8.86. The van der Waals surface area contributed by atoms with Crippen LogP contribution in [0.3, 0.4) is 0 Å². The van der Waals surface area contributed by atoms with Crippen molar-refractivity contribution in [3.63, 3.8) is 0 Å². The maximum Gasteiger partial charge on any atom is 0.472 e. The van der Waals surface area contributed by atoms with E-state index in [9.17, 15) is 9.46 Å². The van der Waals surface area contributed by atoms with E-state index in [0.29, 0.717) is 11.0 Å². The topological polar surface area (TPSA) is 105 Å². The summed E-state index contributed by atoms with van der Waals surface area (Å²) in [6, 6.07) is 0. The van der Waals surface area contributed by atoms with E-state index < -0.39 is 26.6 Å². The number of aliphatic hydroxyl groups is 1. The van der Waals surface area contributed by atoms with Gasteiger partial charge in [0.1, 0.15) is 25.4 Å². The quantitative estimate of drug-likeness (QED) is 0.169. The highest BCUT2D eigenvalue weighted by molar-refractivity contribution is 7.47. The molecule has 0 rings (SSSR count). The van der Waals surface area contributed by atoms with Gasteiger partial charge in [-0.1, -0.05) is 6.08 Å². The monoisotopic (exact) mass is 314 g/mol. The molecule has 3 atom stereocenters. The first-order valence-corrected chi connectivity index (χ1v) is 7.63. The Balaban J connectivity index is 4.51. The number of rotatable bonds is 11.